The summed E-state index contributed by atoms with van der Waals surface area (Å²) in [5.74, 6) is 0.176. The highest BCUT2D eigenvalue weighted by Crippen LogP contribution is 2.19. The molecule has 84 valence electrons. The molecular formula is C12H13NO3. The predicted octanol–water partition coefficient (Wildman–Crippen LogP) is 2.72. The number of carboxylic acid groups (broad SMARTS) is 1. The highest BCUT2D eigenvalue weighted by molar-refractivity contribution is 5.91. The van der Waals surface area contributed by atoms with Gasteiger partial charge in [-0.2, -0.15) is 0 Å². The number of rotatable bonds is 3. The third kappa shape index (κ3) is 2.05. The molecule has 1 aromatic carbocycles. The van der Waals surface area contributed by atoms with Crippen LogP contribution in [0.15, 0.2) is 22.6 Å². The van der Waals surface area contributed by atoms with Gasteiger partial charge >= 0.3 is 5.97 Å². The normalized spacial score (nSPS) is 11.2. The van der Waals surface area contributed by atoms with Gasteiger partial charge in [0.25, 0.3) is 0 Å². The van der Waals surface area contributed by atoms with Gasteiger partial charge in [-0.15, -0.1) is 0 Å². The summed E-state index contributed by atoms with van der Waals surface area (Å²) in [5, 5.41) is 8.84. The molecule has 0 unspecified atom stereocenters. The molecule has 0 spiro atoms. The summed E-state index contributed by atoms with van der Waals surface area (Å²) >= 11 is 0. The van der Waals surface area contributed by atoms with Crippen molar-refractivity contribution in [2.75, 3.05) is 0 Å². The number of hydrogen-bond acceptors (Lipinski definition) is 3. The standard InChI is InChI=1S/C12H13NO3/c1-7(2)5-11-13-9-6-8(12(14)15)3-4-10(9)16-11/h3-4,6-7H,5H2,1-2H3,(H,14,15). The summed E-state index contributed by atoms with van der Waals surface area (Å²) in [6.45, 7) is 4.16. The predicted molar refractivity (Wildman–Crippen MR) is 59.5 cm³/mol. The van der Waals surface area contributed by atoms with E-state index in [0.29, 0.717) is 22.9 Å². The Hall–Kier alpha value is -1.84. The van der Waals surface area contributed by atoms with Crippen LogP contribution in [0, 0.1) is 5.92 Å². The van der Waals surface area contributed by atoms with Crippen LogP contribution < -0.4 is 0 Å². The molecule has 0 atom stereocenters. The van der Waals surface area contributed by atoms with Gasteiger partial charge in [-0.3, -0.25) is 0 Å². The van der Waals surface area contributed by atoms with Gasteiger partial charge in [0.05, 0.1) is 5.56 Å². The second-order valence-electron chi connectivity index (χ2n) is 4.19. The first-order valence-electron chi connectivity index (χ1n) is 5.19. The lowest BCUT2D eigenvalue weighted by molar-refractivity contribution is 0.0697. The molecule has 0 bridgehead atoms. The Morgan fingerprint density at radius 3 is 2.88 bits per heavy atom. The van der Waals surface area contributed by atoms with Crippen molar-refractivity contribution < 1.29 is 14.3 Å². The van der Waals surface area contributed by atoms with E-state index in [2.05, 4.69) is 18.8 Å². The molecule has 0 saturated heterocycles. The van der Waals surface area contributed by atoms with Crippen molar-refractivity contribution in [1.82, 2.24) is 4.98 Å². The van der Waals surface area contributed by atoms with Crippen LogP contribution >= 0.6 is 0 Å². The van der Waals surface area contributed by atoms with Crippen LogP contribution in [0.4, 0.5) is 0 Å². The highest BCUT2D eigenvalue weighted by Gasteiger charge is 2.10. The number of aromatic carboxylic acids is 1. The van der Waals surface area contributed by atoms with Gasteiger partial charge in [0.15, 0.2) is 11.5 Å². The lowest BCUT2D eigenvalue weighted by atomic mass is 10.1. The van der Waals surface area contributed by atoms with Gasteiger partial charge in [-0.05, 0) is 24.1 Å². The minimum atomic E-state index is -0.949. The van der Waals surface area contributed by atoms with Crippen LogP contribution in [0.5, 0.6) is 0 Å². The fourth-order valence-corrected chi connectivity index (χ4v) is 1.54. The molecule has 1 heterocycles. The van der Waals surface area contributed by atoms with E-state index in [1.165, 1.54) is 12.1 Å². The molecule has 0 radical (unpaired) electrons. The number of hydrogen-bond donors (Lipinski definition) is 1. The van der Waals surface area contributed by atoms with Gasteiger partial charge < -0.3 is 9.52 Å². The highest BCUT2D eigenvalue weighted by atomic mass is 16.4. The van der Waals surface area contributed by atoms with E-state index in [1.54, 1.807) is 6.07 Å². The summed E-state index contributed by atoms with van der Waals surface area (Å²) in [5.41, 5.74) is 1.48. The largest absolute Gasteiger partial charge is 0.478 e. The number of nitrogens with zero attached hydrogens (tertiary/aromatic N) is 1. The number of aromatic nitrogens is 1. The fraction of sp³-hybridized carbons (Fsp3) is 0.333. The zero-order valence-corrected chi connectivity index (χ0v) is 9.23. The first-order chi connectivity index (χ1) is 7.56. The third-order valence-electron chi connectivity index (χ3n) is 2.26. The van der Waals surface area contributed by atoms with E-state index in [9.17, 15) is 4.79 Å². The molecule has 0 aliphatic heterocycles. The molecule has 1 N–H and O–H groups in total. The van der Waals surface area contributed by atoms with E-state index < -0.39 is 5.97 Å². The van der Waals surface area contributed by atoms with Gasteiger partial charge in [0, 0.05) is 6.42 Å². The molecular weight excluding hydrogens is 206 g/mol. The van der Waals surface area contributed by atoms with Gasteiger partial charge in [-0.1, -0.05) is 13.8 Å². The summed E-state index contributed by atoms with van der Waals surface area (Å²) in [6, 6.07) is 4.70. The Morgan fingerprint density at radius 1 is 1.50 bits per heavy atom. The van der Waals surface area contributed by atoms with Crippen LogP contribution in [0.2, 0.25) is 0 Å². The van der Waals surface area contributed by atoms with Crippen molar-refractivity contribution in [2.45, 2.75) is 20.3 Å². The average molecular weight is 219 g/mol. The SMILES string of the molecule is CC(C)Cc1nc2cc(C(=O)O)ccc2o1. The molecule has 0 amide bonds. The quantitative estimate of drug-likeness (QED) is 0.862. The van der Waals surface area contributed by atoms with Crippen molar-refractivity contribution in [2.24, 2.45) is 5.92 Å². The van der Waals surface area contributed by atoms with Crippen molar-refractivity contribution in [1.29, 1.82) is 0 Å². The molecule has 4 nitrogen and oxygen atoms in total. The first-order valence-corrected chi connectivity index (χ1v) is 5.19. The maximum absolute atomic E-state index is 10.8. The fourth-order valence-electron chi connectivity index (χ4n) is 1.54. The van der Waals surface area contributed by atoms with Gasteiger partial charge in [0.2, 0.25) is 0 Å². The molecule has 16 heavy (non-hydrogen) atoms. The zero-order valence-electron chi connectivity index (χ0n) is 9.23. The molecule has 2 rings (SSSR count). The van der Waals surface area contributed by atoms with Crippen LogP contribution in [-0.2, 0) is 6.42 Å². The molecule has 0 aliphatic rings. The van der Waals surface area contributed by atoms with E-state index in [4.69, 9.17) is 9.52 Å². The Balaban J connectivity index is 2.42. The molecule has 0 aliphatic carbocycles. The van der Waals surface area contributed by atoms with Crippen molar-refractivity contribution in [3.8, 4) is 0 Å². The first kappa shape index (κ1) is 10.7. The number of oxazole rings is 1. The Morgan fingerprint density at radius 2 is 2.25 bits per heavy atom. The lowest BCUT2D eigenvalue weighted by Gasteiger charge is -1.96. The number of carboxylic acids is 1. The number of carbonyl (C=O) groups is 1. The monoisotopic (exact) mass is 219 g/mol. The second-order valence-corrected chi connectivity index (χ2v) is 4.19. The third-order valence-corrected chi connectivity index (χ3v) is 2.26. The lowest BCUT2D eigenvalue weighted by Crippen LogP contribution is -1.95. The van der Waals surface area contributed by atoms with E-state index >= 15 is 0 Å². The molecule has 0 fully saturated rings. The van der Waals surface area contributed by atoms with Crippen LogP contribution in [-0.4, -0.2) is 16.1 Å². The molecule has 2 aromatic rings. The van der Waals surface area contributed by atoms with E-state index in [-0.39, 0.29) is 5.56 Å². The topological polar surface area (TPSA) is 63.3 Å². The maximum Gasteiger partial charge on any atom is 0.335 e. The van der Waals surface area contributed by atoms with E-state index in [1.807, 2.05) is 0 Å². The zero-order chi connectivity index (χ0) is 11.7. The van der Waals surface area contributed by atoms with Crippen molar-refractivity contribution >= 4 is 17.1 Å². The molecule has 4 heteroatoms. The summed E-state index contributed by atoms with van der Waals surface area (Å²) < 4.78 is 5.51. The van der Waals surface area contributed by atoms with Crippen molar-refractivity contribution in [3.05, 3.63) is 29.7 Å². The Labute approximate surface area is 92.9 Å². The second kappa shape index (κ2) is 3.96. The minimum Gasteiger partial charge on any atom is -0.478 e. The summed E-state index contributed by atoms with van der Waals surface area (Å²) in [7, 11) is 0. The average Bonchev–Trinajstić information content (AvgIpc) is 2.56. The van der Waals surface area contributed by atoms with Crippen molar-refractivity contribution in [3.63, 3.8) is 0 Å². The van der Waals surface area contributed by atoms with Crippen LogP contribution in [0.1, 0.15) is 30.1 Å². The van der Waals surface area contributed by atoms with Gasteiger partial charge in [0.1, 0.15) is 5.52 Å². The summed E-state index contributed by atoms with van der Waals surface area (Å²) in [4.78, 5) is 15.0. The van der Waals surface area contributed by atoms with E-state index in [0.717, 1.165) is 6.42 Å². The summed E-state index contributed by atoms with van der Waals surface area (Å²) in [6.07, 6.45) is 0.761. The van der Waals surface area contributed by atoms with Crippen LogP contribution in [0.25, 0.3) is 11.1 Å². The Kier molecular flexibility index (Phi) is 2.64. The molecule has 1 aromatic heterocycles. The minimum absolute atomic E-state index is 0.233. The molecule has 0 saturated carbocycles. The number of benzene rings is 1. The van der Waals surface area contributed by atoms with Gasteiger partial charge in [-0.25, -0.2) is 9.78 Å². The van der Waals surface area contributed by atoms with Crippen LogP contribution in [0.3, 0.4) is 0 Å². The smallest absolute Gasteiger partial charge is 0.335 e. The maximum atomic E-state index is 10.8. The Bertz CT molecular complexity index is 528. The number of fused-ring (bicyclic) bond motifs is 1.